The normalized spacial score (nSPS) is 12.8. The highest BCUT2D eigenvalue weighted by molar-refractivity contribution is 6.99. The number of ether oxygens (including phenoxy) is 1. The number of fused-ring (bicyclic) bond motifs is 10. The number of benzene rings is 9. The van der Waals surface area contributed by atoms with Crippen LogP contribution in [0.25, 0.3) is 43.5 Å². The molecule has 256 valence electrons. The largest absolute Gasteiger partial charge is 0.458 e. The molecule has 12 rings (SSSR count). The van der Waals surface area contributed by atoms with E-state index in [2.05, 4.69) is 198 Å². The smallest absolute Gasteiger partial charge is 0.256 e. The van der Waals surface area contributed by atoms with Crippen molar-refractivity contribution in [1.82, 2.24) is 0 Å². The van der Waals surface area contributed by atoms with Crippen LogP contribution < -0.4 is 30.9 Å². The van der Waals surface area contributed by atoms with E-state index in [1.807, 2.05) is 0 Å². The number of furan rings is 1. The zero-order chi connectivity index (χ0) is 36.0. The summed E-state index contributed by atoms with van der Waals surface area (Å²) < 4.78 is 13.9. The summed E-state index contributed by atoms with van der Waals surface area (Å²) in [4.78, 5) is 4.71. The Balaban J connectivity index is 1.09. The molecule has 0 saturated carbocycles. The van der Waals surface area contributed by atoms with Crippen LogP contribution in [0.2, 0.25) is 0 Å². The van der Waals surface area contributed by atoms with Crippen molar-refractivity contribution in [1.29, 1.82) is 0 Å². The average molecular weight is 703 g/mol. The van der Waals surface area contributed by atoms with Crippen LogP contribution in [0.4, 0.5) is 34.1 Å². The van der Waals surface area contributed by atoms with Crippen LogP contribution in [0.15, 0.2) is 192 Å². The van der Waals surface area contributed by atoms with Crippen molar-refractivity contribution in [2.45, 2.75) is 0 Å². The molecule has 55 heavy (non-hydrogen) atoms. The molecule has 10 aromatic rings. The number of hydrogen-bond donors (Lipinski definition) is 0. The molecule has 0 radical (unpaired) electrons. The summed E-state index contributed by atoms with van der Waals surface area (Å²) >= 11 is 0. The summed E-state index contributed by atoms with van der Waals surface area (Å²) in [7, 11) is 0. The predicted molar refractivity (Wildman–Crippen MR) is 229 cm³/mol. The molecular weight excluding hydrogens is 671 g/mol. The minimum Gasteiger partial charge on any atom is -0.458 e. The fraction of sp³-hybridized carbons (Fsp3) is 0. The van der Waals surface area contributed by atoms with E-state index in [-0.39, 0.29) is 6.71 Å². The van der Waals surface area contributed by atoms with E-state index >= 15 is 0 Å². The maximum Gasteiger partial charge on any atom is 0.256 e. The summed E-state index contributed by atoms with van der Waals surface area (Å²) in [5.74, 6) is 1.75. The fourth-order valence-electron chi connectivity index (χ4n) is 9.11. The van der Waals surface area contributed by atoms with Crippen LogP contribution in [0.3, 0.4) is 0 Å². The van der Waals surface area contributed by atoms with E-state index in [1.54, 1.807) is 0 Å². The molecule has 0 N–H and O–H groups in total. The highest BCUT2D eigenvalue weighted by Crippen LogP contribution is 2.47. The van der Waals surface area contributed by atoms with E-state index < -0.39 is 0 Å². The lowest BCUT2D eigenvalue weighted by Gasteiger charge is -2.39. The van der Waals surface area contributed by atoms with Crippen LogP contribution >= 0.6 is 0 Å². The first kappa shape index (κ1) is 30.2. The van der Waals surface area contributed by atoms with Crippen LogP contribution in [-0.2, 0) is 0 Å². The third-order valence-corrected chi connectivity index (χ3v) is 11.4. The van der Waals surface area contributed by atoms with Crippen LogP contribution in [-0.4, -0.2) is 6.71 Å². The lowest BCUT2D eigenvalue weighted by molar-refractivity contribution is 0.488. The Morgan fingerprint density at radius 3 is 2.05 bits per heavy atom. The van der Waals surface area contributed by atoms with Crippen molar-refractivity contribution >= 4 is 101 Å². The molecule has 9 aromatic carbocycles. The van der Waals surface area contributed by atoms with Gasteiger partial charge < -0.3 is 19.0 Å². The molecule has 0 atom stereocenters. The Morgan fingerprint density at radius 2 is 1.18 bits per heavy atom. The van der Waals surface area contributed by atoms with Crippen LogP contribution in [0, 0.1) is 0 Å². The van der Waals surface area contributed by atoms with Gasteiger partial charge in [0.15, 0.2) is 0 Å². The molecule has 0 aliphatic carbocycles. The zero-order valence-electron chi connectivity index (χ0n) is 29.7. The molecule has 2 aliphatic rings. The number of anilines is 6. The van der Waals surface area contributed by atoms with Crippen LogP contribution in [0.5, 0.6) is 11.5 Å². The Kier molecular flexibility index (Phi) is 6.40. The van der Waals surface area contributed by atoms with Gasteiger partial charge in [-0.05, 0) is 99.3 Å². The second-order valence-corrected chi connectivity index (χ2v) is 14.5. The minimum absolute atomic E-state index is 0.0162. The highest BCUT2D eigenvalue weighted by Gasteiger charge is 2.42. The van der Waals surface area contributed by atoms with Gasteiger partial charge in [0, 0.05) is 50.7 Å². The first-order valence-corrected chi connectivity index (χ1v) is 18.8. The molecule has 0 bridgehead atoms. The van der Waals surface area contributed by atoms with Gasteiger partial charge in [-0.3, -0.25) is 0 Å². The van der Waals surface area contributed by atoms with Crippen molar-refractivity contribution in [3.8, 4) is 11.5 Å². The lowest BCUT2D eigenvalue weighted by atomic mass is 9.34. The monoisotopic (exact) mass is 702 g/mol. The SMILES string of the molecule is c1ccc(N2c3ccccc3B3c4cc5oc6cc(N(c7ccccc7)c7ccc8ccccc8c7)c7ccccc7c6c5cc4Oc4cccc2c43)cc1. The molecule has 2 aliphatic heterocycles. The molecule has 5 heteroatoms. The van der Waals surface area contributed by atoms with Gasteiger partial charge in [0.05, 0.1) is 5.69 Å². The molecule has 0 unspecified atom stereocenters. The molecule has 4 nitrogen and oxygen atoms in total. The average Bonchev–Trinajstić information content (AvgIpc) is 3.61. The lowest BCUT2D eigenvalue weighted by Crippen LogP contribution is -2.59. The van der Waals surface area contributed by atoms with Crippen LogP contribution in [0.1, 0.15) is 0 Å². The molecule has 0 amide bonds. The molecule has 0 spiro atoms. The van der Waals surface area contributed by atoms with Crippen molar-refractivity contribution in [2.24, 2.45) is 0 Å². The van der Waals surface area contributed by atoms with Gasteiger partial charge >= 0.3 is 0 Å². The Hall–Kier alpha value is -7.24. The summed E-state index contributed by atoms with van der Waals surface area (Å²) in [5.41, 5.74) is 11.9. The number of hydrogen-bond acceptors (Lipinski definition) is 4. The Morgan fingerprint density at radius 1 is 0.455 bits per heavy atom. The zero-order valence-corrected chi connectivity index (χ0v) is 29.7. The van der Waals surface area contributed by atoms with Gasteiger partial charge in [-0.15, -0.1) is 0 Å². The number of para-hydroxylation sites is 3. The van der Waals surface area contributed by atoms with Crippen molar-refractivity contribution in [3.63, 3.8) is 0 Å². The minimum atomic E-state index is -0.0162. The van der Waals surface area contributed by atoms with Crippen molar-refractivity contribution in [3.05, 3.63) is 188 Å². The van der Waals surface area contributed by atoms with E-state index in [9.17, 15) is 0 Å². The van der Waals surface area contributed by atoms with Gasteiger partial charge in [0.1, 0.15) is 22.7 Å². The molecule has 0 saturated heterocycles. The van der Waals surface area contributed by atoms with Gasteiger partial charge in [-0.1, -0.05) is 115 Å². The fourth-order valence-corrected chi connectivity index (χ4v) is 9.11. The van der Waals surface area contributed by atoms with E-state index in [1.165, 1.54) is 27.4 Å². The van der Waals surface area contributed by atoms with Gasteiger partial charge in [-0.2, -0.15) is 0 Å². The number of nitrogens with zero attached hydrogens (tertiary/aromatic N) is 2. The standard InChI is InChI=1S/C50H31BN2O2/c1-3-16-34(17-4-1)52(36-27-26-32-14-7-8-15-33(32)28-36)44-31-48-49(38-21-10-9-20-37(38)44)39-29-47-41(30-46(39)55-48)51-40-22-11-12-23-42(40)53(35-18-5-2-6-19-35)43-24-13-25-45(54-47)50(43)51/h1-31H. The third kappa shape index (κ3) is 4.47. The third-order valence-electron chi connectivity index (χ3n) is 11.4. The first-order valence-electron chi connectivity index (χ1n) is 18.8. The Bertz CT molecular complexity index is 3160. The van der Waals surface area contributed by atoms with Gasteiger partial charge in [-0.25, -0.2) is 0 Å². The van der Waals surface area contributed by atoms with E-state index in [0.29, 0.717) is 0 Å². The summed E-state index contributed by atoms with van der Waals surface area (Å²) in [6.07, 6.45) is 0. The summed E-state index contributed by atoms with van der Waals surface area (Å²) in [6, 6.07) is 67.0. The first-order chi connectivity index (χ1) is 27.3. The maximum absolute atomic E-state index is 6.97. The number of rotatable bonds is 4. The predicted octanol–water partition coefficient (Wildman–Crippen LogP) is 11.8. The van der Waals surface area contributed by atoms with Crippen molar-refractivity contribution < 1.29 is 9.15 Å². The highest BCUT2D eigenvalue weighted by atomic mass is 16.5. The second-order valence-electron chi connectivity index (χ2n) is 14.5. The van der Waals surface area contributed by atoms with Gasteiger partial charge in [0.2, 0.25) is 0 Å². The molecular formula is C50H31BN2O2. The topological polar surface area (TPSA) is 28.9 Å². The molecule has 3 heterocycles. The van der Waals surface area contributed by atoms with E-state index in [4.69, 9.17) is 9.15 Å². The van der Waals surface area contributed by atoms with Crippen molar-refractivity contribution in [2.75, 3.05) is 9.80 Å². The Labute approximate surface area is 318 Å². The summed E-state index contributed by atoms with van der Waals surface area (Å²) in [6.45, 7) is -0.0162. The van der Waals surface area contributed by atoms with E-state index in [0.717, 1.165) is 78.1 Å². The summed E-state index contributed by atoms with van der Waals surface area (Å²) in [5, 5.41) is 6.82. The maximum atomic E-state index is 6.97. The van der Waals surface area contributed by atoms with Gasteiger partial charge in [0.25, 0.3) is 6.71 Å². The molecule has 1 aromatic heterocycles. The second kappa shape index (κ2) is 11.6. The molecule has 0 fully saturated rings. The quantitative estimate of drug-likeness (QED) is 0.171.